The number of carbonyl (C=O) groups excluding carboxylic acids is 2. The Morgan fingerprint density at radius 2 is 1.95 bits per heavy atom. The molecule has 0 fully saturated rings. The number of nitrogens with one attached hydrogen (secondary N) is 2. The van der Waals surface area contributed by atoms with Crippen LogP contribution in [0, 0.1) is 6.92 Å². The van der Waals surface area contributed by atoms with Gasteiger partial charge in [0.25, 0.3) is 11.8 Å². The van der Waals surface area contributed by atoms with Crippen LogP contribution in [0.25, 0.3) is 11.3 Å². The van der Waals surface area contributed by atoms with Crippen LogP contribution in [0.4, 0.5) is 0 Å². The van der Waals surface area contributed by atoms with E-state index in [0.29, 0.717) is 29.7 Å². The van der Waals surface area contributed by atoms with Crippen molar-refractivity contribution in [2.45, 2.75) is 32.4 Å². The molecule has 0 spiro atoms. The van der Waals surface area contributed by atoms with E-state index in [1.165, 1.54) is 23.1 Å². The summed E-state index contributed by atoms with van der Waals surface area (Å²) in [6.07, 6.45) is 6.04. The Labute approximate surface area is 215 Å². The molecule has 4 aromatic heterocycles. The standard InChI is InChI=1S/C26H22N8O4/c1-14-16-5-6-19(18(16)4-3-17(14)26(37)38)32-25(36)21-10-20(31-23-8-9-29-34(21)23)24(35)27-11-15-2-7-22-28-13-30-33(22)12-15/h2-4,7-10,12-13,19H,5-6,11H2,1H3,(H,27,35)(H,32,36)(H,37,38). The average Bonchev–Trinajstić information content (AvgIpc) is 3.66. The van der Waals surface area contributed by atoms with Gasteiger partial charge >= 0.3 is 5.97 Å². The molecule has 3 N–H and O–H groups in total. The third-order valence-electron chi connectivity index (χ3n) is 6.84. The molecular formula is C26H22N8O4. The van der Waals surface area contributed by atoms with Crippen molar-refractivity contribution in [2.24, 2.45) is 0 Å². The van der Waals surface area contributed by atoms with Gasteiger partial charge in [-0.3, -0.25) is 9.59 Å². The zero-order valence-electron chi connectivity index (χ0n) is 20.3. The molecule has 0 bridgehead atoms. The first kappa shape index (κ1) is 23.3. The molecule has 1 unspecified atom stereocenters. The van der Waals surface area contributed by atoms with E-state index in [1.807, 2.05) is 6.07 Å². The second-order valence-corrected chi connectivity index (χ2v) is 9.09. The molecule has 190 valence electrons. The number of fused-ring (bicyclic) bond motifs is 3. The topological polar surface area (TPSA) is 156 Å². The van der Waals surface area contributed by atoms with E-state index in [1.54, 1.807) is 41.9 Å². The van der Waals surface area contributed by atoms with E-state index in [2.05, 4.69) is 30.8 Å². The Bertz CT molecular complexity index is 1760. The smallest absolute Gasteiger partial charge is 0.335 e. The van der Waals surface area contributed by atoms with Crippen molar-refractivity contribution >= 4 is 29.1 Å². The summed E-state index contributed by atoms with van der Waals surface area (Å²) in [5, 5.41) is 23.6. The van der Waals surface area contributed by atoms with Crippen LogP contribution in [0.3, 0.4) is 0 Å². The zero-order chi connectivity index (χ0) is 26.4. The third-order valence-corrected chi connectivity index (χ3v) is 6.84. The van der Waals surface area contributed by atoms with Crippen LogP contribution in [-0.4, -0.2) is 52.1 Å². The number of aromatic carboxylic acids is 1. The summed E-state index contributed by atoms with van der Waals surface area (Å²) in [4.78, 5) is 46.3. The predicted molar refractivity (Wildman–Crippen MR) is 134 cm³/mol. The summed E-state index contributed by atoms with van der Waals surface area (Å²) in [5.41, 5.74) is 4.95. The number of aromatic nitrogens is 6. The Morgan fingerprint density at radius 1 is 1.08 bits per heavy atom. The van der Waals surface area contributed by atoms with Gasteiger partial charge in [0.1, 0.15) is 17.7 Å². The fourth-order valence-electron chi connectivity index (χ4n) is 4.92. The number of amides is 2. The Morgan fingerprint density at radius 3 is 2.79 bits per heavy atom. The summed E-state index contributed by atoms with van der Waals surface area (Å²) in [6, 6.07) is 9.73. The lowest BCUT2D eigenvalue weighted by molar-refractivity contribution is 0.0695. The van der Waals surface area contributed by atoms with Crippen LogP contribution in [0.2, 0.25) is 0 Å². The third kappa shape index (κ3) is 4.01. The second-order valence-electron chi connectivity index (χ2n) is 9.09. The molecule has 12 heteroatoms. The van der Waals surface area contributed by atoms with Crippen molar-refractivity contribution in [1.29, 1.82) is 0 Å². The number of carbonyl (C=O) groups is 3. The average molecular weight is 511 g/mol. The molecule has 5 aromatic rings. The van der Waals surface area contributed by atoms with Crippen molar-refractivity contribution in [2.75, 3.05) is 0 Å². The fourth-order valence-corrected chi connectivity index (χ4v) is 4.92. The SMILES string of the molecule is Cc1c(C(=O)O)ccc2c1CCC2NC(=O)c1cc(C(=O)NCc2ccc3ncnn3c2)nc2ccnn12. The number of carboxylic acids is 1. The fraction of sp³-hybridized carbons (Fsp3) is 0.192. The van der Waals surface area contributed by atoms with Gasteiger partial charge < -0.3 is 15.7 Å². The highest BCUT2D eigenvalue weighted by Gasteiger charge is 2.28. The number of benzene rings is 1. The summed E-state index contributed by atoms with van der Waals surface area (Å²) in [5.74, 6) is -1.82. The Kier molecular flexibility index (Phi) is 5.56. The minimum Gasteiger partial charge on any atom is -0.478 e. The van der Waals surface area contributed by atoms with Gasteiger partial charge in [-0.05, 0) is 54.2 Å². The molecule has 0 saturated heterocycles. The van der Waals surface area contributed by atoms with Gasteiger partial charge in [-0.15, -0.1) is 0 Å². The maximum absolute atomic E-state index is 13.4. The maximum Gasteiger partial charge on any atom is 0.335 e. The van der Waals surface area contributed by atoms with Gasteiger partial charge in [-0.25, -0.2) is 23.8 Å². The number of hydrogen-bond donors (Lipinski definition) is 3. The van der Waals surface area contributed by atoms with Crippen molar-refractivity contribution in [1.82, 2.24) is 39.8 Å². The van der Waals surface area contributed by atoms with E-state index in [4.69, 9.17) is 0 Å². The molecular weight excluding hydrogens is 488 g/mol. The lowest BCUT2D eigenvalue weighted by Gasteiger charge is -2.16. The largest absolute Gasteiger partial charge is 0.478 e. The lowest BCUT2D eigenvalue weighted by Crippen LogP contribution is -2.30. The number of rotatable bonds is 6. The first-order valence-corrected chi connectivity index (χ1v) is 12.0. The molecule has 0 saturated carbocycles. The highest BCUT2D eigenvalue weighted by atomic mass is 16.4. The van der Waals surface area contributed by atoms with Crippen LogP contribution in [-0.2, 0) is 13.0 Å². The molecule has 0 aliphatic heterocycles. The van der Waals surface area contributed by atoms with Gasteiger partial charge in [0.15, 0.2) is 11.3 Å². The van der Waals surface area contributed by atoms with Gasteiger partial charge in [0.2, 0.25) is 0 Å². The highest BCUT2D eigenvalue weighted by Crippen LogP contribution is 2.35. The van der Waals surface area contributed by atoms with Crippen molar-refractivity contribution in [3.05, 3.63) is 94.3 Å². The van der Waals surface area contributed by atoms with E-state index in [9.17, 15) is 19.5 Å². The summed E-state index contributed by atoms with van der Waals surface area (Å²) < 4.78 is 3.01. The van der Waals surface area contributed by atoms with E-state index >= 15 is 0 Å². The van der Waals surface area contributed by atoms with Crippen LogP contribution in [0.15, 0.2) is 55.1 Å². The van der Waals surface area contributed by atoms with Crippen LogP contribution >= 0.6 is 0 Å². The normalized spacial score (nSPS) is 14.5. The van der Waals surface area contributed by atoms with E-state index in [0.717, 1.165) is 16.7 Å². The number of pyridine rings is 1. The van der Waals surface area contributed by atoms with Crippen molar-refractivity contribution in [3.63, 3.8) is 0 Å². The zero-order valence-corrected chi connectivity index (χ0v) is 20.3. The molecule has 1 aliphatic carbocycles. The first-order valence-electron chi connectivity index (χ1n) is 12.0. The molecule has 0 radical (unpaired) electrons. The summed E-state index contributed by atoms with van der Waals surface area (Å²) in [7, 11) is 0. The molecule has 2 amide bonds. The van der Waals surface area contributed by atoms with Crippen LogP contribution < -0.4 is 10.6 Å². The van der Waals surface area contributed by atoms with Gasteiger partial charge in [0, 0.05) is 24.9 Å². The molecule has 12 nitrogen and oxygen atoms in total. The minimum atomic E-state index is -0.972. The Hall–Kier alpha value is -5.13. The van der Waals surface area contributed by atoms with E-state index in [-0.39, 0.29) is 29.5 Å². The molecule has 1 aromatic carbocycles. The van der Waals surface area contributed by atoms with Gasteiger partial charge in [0.05, 0.1) is 17.8 Å². The number of carboxylic acid groups (broad SMARTS) is 1. The quantitative estimate of drug-likeness (QED) is 0.314. The molecule has 1 aliphatic rings. The van der Waals surface area contributed by atoms with E-state index < -0.39 is 17.8 Å². The monoisotopic (exact) mass is 510 g/mol. The maximum atomic E-state index is 13.4. The number of nitrogens with zero attached hydrogens (tertiary/aromatic N) is 6. The van der Waals surface area contributed by atoms with Crippen LogP contribution in [0.5, 0.6) is 0 Å². The summed E-state index contributed by atoms with van der Waals surface area (Å²) in [6.45, 7) is 2.02. The van der Waals surface area contributed by atoms with Crippen molar-refractivity contribution in [3.8, 4) is 0 Å². The minimum absolute atomic E-state index is 0.0822. The van der Waals surface area contributed by atoms with Crippen molar-refractivity contribution < 1.29 is 19.5 Å². The van der Waals surface area contributed by atoms with Crippen LogP contribution in [0.1, 0.15) is 66.1 Å². The second kappa shape index (κ2) is 9.07. The lowest BCUT2D eigenvalue weighted by atomic mass is 9.98. The molecule has 4 heterocycles. The molecule has 1 atom stereocenters. The van der Waals surface area contributed by atoms with Gasteiger partial charge in [-0.2, -0.15) is 10.2 Å². The first-order chi connectivity index (χ1) is 18.4. The van der Waals surface area contributed by atoms with Gasteiger partial charge in [-0.1, -0.05) is 12.1 Å². The highest BCUT2D eigenvalue weighted by molar-refractivity contribution is 5.98. The predicted octanol–water partition coefficient (Wildman–Crippen LogP) is 2.13. The number of hydrogen-bond acceptors (Lipinski definition) is 7. The molecule has 38 heavy (non-hydrogen) atoms. The summed E-state index contributed by atoms with van der Waals surface area (Å²) >= 11 is 0. The molecule has 6 rings (SSSR count). The Balaban J connectivity index is 1.23.